The smallest absolute Gasteiger partial charge is 0.251 e. The molecule has 5 N–H and O–H groups in total. The quantitative estimate of drug-likeness (QED) is 0.359. The second kappa shape index (κ2) is 9.91. The van der Waals surface area contributed by atoms with Crippen LogP contribution in [0.5, 0.6) is 0 Å². The van der Waals surface area contributed by atoms with E-state index < -0.39 is 33.7 Å². The van der Waals surface area contributed by atoms with Gasteiger partial charge in [0.15, 0.2) is 0 Å². The molecule has 0 saturated carbocycles. The van der Waals surface area contributed by atoms with Crippen LogP contribution in [-0.2, 0) is 16.6 Å². The lowest BCUT2D eigenvalue weighted by atomic mass is 10.0. The van der Waals surface area contributed by atoms with Gasteiger partial charge in [-0.1, -0.05) is 13.0 Å². The van der Waals surface area contributed by atoms with Crippen molar-refractivity contribution in [3.63, 3.8) is 0 Å². The second-order valence-electron chi connectivity index (χ2n) is 7.23. The van der Waals surface area contributed by atoms with Gasteiger partial charge in [-0.25, -0.2) is 26.9 Å². The summed E-state index contributed by atoms with van der Waals surface area (Å²) in [5.41, 5.74) is 5.64. The third-order valence-electron chi connectivity index (χ3n) is 4.64. The third kappa shape index (κ3) is 6.11. The van der Waals surface area contributed by atoms with Crippen LogP contribution in [0.25, 0.3) is 10.4 Å². The molecule has 0 bridgehead atoms. The maximum atomic E-state index is 14.7. The molecule has 3 aromatic rings. The number of sulfonamides is 1. The highest BCUT2D eigenvalue weighted by molar-refractivity contribution is 7.88. The highest BCUT2D eigenvalue weighted by atomic mass is 32.2. The zero-order chi connectivity index (χ0) is 24.3. The highest BCUT2D eigenvalue weighted by Gasteiger charge is 2.22. The topological polar surface area (TPSA) is 134 Å². The molecule has 8 nitrogen and oxygen atoms in total. The van der Waals surface area contributed by atoms with E-state index >= 15 is 0 Å². The van der Waals surface area contributed by atoms with Crippen molar-refractivity contribution in [2.24, 2.45) is 5.73 Å². The summed E-state index contributed by atoms with van der Waals surface area (Å²) in [4.78, 5) is 16.3. The standard InChI is InChI=1S/C21H22F2N4O4S2/c1-3-16(28)11-7-14(22)19(15(23)8-11)17-9-13(20(24)29)21(32-17)27-18-6-4-5-12(26-18)10-25-33(2,30)31/h4-9,16,25,28H,3,10H2,1-2H3,(H2,24,29)(H,26,27). The Morgan fingerprint density at radius 2 is 1.91 bits per heavy atom. The summed E-state index contributed by atoms with van der Waals surface area (Å²) >= 11 is 0.902. The number of carbonyl (C=O) groups excluding carboxylic acids is 1. The number of hydrogen-bond acceptors (Lipinski definition) is 7. The van der Waals surface area contributed by atoms with Gasteiger partial charge in [0.25, 0.3) is 5.91 Å². The number of nitrogens with one attached hydrogen (secondary N) is 2. The zero-order valence-electron chi connectivity index (χ0n) is 17.7. The number of halogens is 2. The molecule has 1 unspecified atom stereocenters. The summed E-state index contributed by atoms with van der Waals surface area (Å²) in [6, 6.07) is 8.21. The zero-order valence-corrected chi connectivity index (χ0v) is 19.4. The number of hydrogen-bond donors (Lipinski definition) is 4. The predicted molar refractivity (Wildman–Crippen MR) is 123 cm³/mol. The van der Waals surface area contributed by atoms with Gasteiger partial charge in [0.1, 0.15) is 22.5 Å². The number of aromatic nitrogens is 1. The fraction of sp³-hybridized carbons (Fsp3) is 0.238. The maximum absolute atomic E-state index is 14.7. The number of nitrogens with zero attached hydrogens (tertiary/aromatic N) is 1. The average Bonchev–Trinajstić information content (AvgIpc) is 3.14. The number of benzene rings is 1. The van der Waals surface area contributed by atoms with E-state index in [9.17, 15) is 27.1 Å². The number of anilines is 2. The fourth-order valence-electron chi connectivity index (χ4n) is 3.02. The van der Waals surface area contributed by atoms with Crippen LogP contribution in [0.1, 0.15) is 41.1 Å². The average molecular weight is 497 g/mol. The summed E-state index contributed by atoms with van der Waals surface area (Å²) in [6.07, 6.45) is 0.318. The van der Waals surface area contributed by atoms with Crippen LogP contribution in [0.15, 0.2) is 36.4 Å². The van der Waals surface area contributed by atoms with Gasteiger partial charge in [-0.05, 0) is 42.3 Å². The molecule has 33 heavy (non-hydrogen) atoms. The number of aliphatic hydroxyl groups is 1. The SMILES string of the molecule is CCC(O)c1cc(F)c(-c2cc(C(N)=O)c(Nc3cccc(CNS(C)(=O)=O)n3)s2)c(F)c1. The van der Waals surface area contributed by atoms with Gasteiger partial charge in [-0.15, -0.1) is 11.3 Å². The Bertz CT molecular complexity index is 1270. The molecule has 0 spiro atoms. The van der Waals surface area contributed by atoms with Crippen molar-refractivity contribution in [1.29, 1.82) is 0 Å². The molecule has 1 aromatic carbocycles. The molecule has 0 aliphatic rings. The lowest BCUT2D eigenvalue weighted by molar-refractivity contribution is 0.100. The number of amides is 1. The maximum Gasteiger partial charge on any atom is 0.251 e. The highest BCUT2D eigenvalue weighted by Crippen LogP contribution is 2.39. The van der Waals surface area contributed by atoms with Gasteiger partial charge in [0.2, 0.25) is 10.0 Å². The number of thiophene rings is 1. The van der Waals surface area contributed by atoms with Crippen molar-refractivity contribution in [2.45, 2.75) is 26.0 Å². The van der Waals surface area contributed by atoms with Crippen LogP contribution >= 0.6 is 11.3 Å². The Kier molecular flexibility index (Phi) is 7.42. The molecule has 176 valence electrons. The minimum atomic E-state index is -3.41. The van der Waals surface area contributed by atoms with Gasteiger partial charge in [-0.3, -0.25) is 4.79 Å². The van der Waals surface area contributed by atoms with E-state index in [2.05, 4.69) is 15.0 Å². The van der Waals surface area contributed by atoms with Crippen LogP contribution < -0.4 is 15.8 Å². The van der Waals surface area contributed by atoms with E-state index in [-0.39, 0.29) is 38.9 Å². The summed E-state index contributed by atoms with van der Waals surface area (Å²) < 4.78 is 54.4. The van der Waals surface area contributed by atoms with Crippen LogP contribution in [0.3, 0.4) is 0 Å². The van der Waals surface area contributed by atoms with E-state index in [1.165, 1.54) is 6.07 Å². The van der Waals surface area contributed by atoms with Crippen molar-refractivity contribution >= 4 is 38.1 Å². The van der Waals surface area contributed by atoms with Crippen LogP contribution in [0.4, 0.5) is 19.6 Å². The predicted octanol–water partition coefficient (Wildman–Crippen LogP) is 3.42. The van der Waals surface area contributed by atoms with E-state index in [1.54, 1.807) is 25.1 Å². The normalized spacial score (nSPS) is 12.5. The molecular formula is C21H22F2N4O4S2. The summed E-state index contributed by atoms with van der Waals surface area (Å²) in [5.74, 6) is -2.30. The Hall–Kier alpha value is -2.93. The Labute approximate surface area is 193 Å². The lowest BCUT2D eigenvalue weighted by Crippen LogP contribution is -2.21. The number of primary amides is 1. The van der Waals surface area contributed by atoms with E-state index in [0.29, 0.717) is 12.1 Å². The number of rotatable bonds is 9. The summed E-state index contributed by atoms with van der Waals surface area (Å²) in [5, 5.41) is 13.0. The first kappa shape index (κ1) is 24.7. The van der Waals surface area contributed by atoms with Crippen LogP contribution in [-0.4, -0.2) is 30.7 Å². The number of nitrogens with two attached hydrogens (primary N) is 1. The fourth-order valence-corrected chi connectivity index (χ4v) is 4.54. The number of pyridine rings is 1. The van der Waals surface area contributed by atoms with Crippen molar-refractivity contribution in [3.8, 4) is 10.4 Å². The van der Waals surface area contributed by atoms with Gasteiger partial charge in [-0.2, -0.15) is 0 Å². The van der Waals surface area contributed by atoms with E-state index in [0.717, 1.165) is 29.7 Å². The molecular weight excluding hydrogens is 474 g/mol. The van der Waals surface area contributed by atoms with Gasteiger partial charge >= 0.3 is 0 Å². The van der Waals surface area contributed by atoms with Crippen molar-refractivity contribution < 1.29 is 27.1 Å². The molecule has 1 atom stereocenters. The largest absolute Gasteiger partial charge is 0.388 e. The number of carbonyl (C=O) groups is 1. The van der Waals surface area contributed by atoms with E-state index in [1.807, 2.05) is 0 Å². The summed E-state index contributed by atoms with van der Waals surface area (Å²) in [7, 11) is -3.41. The Morgan fingerprint density at radius 1 is 1.24 bits per heavy atom. The summed E-state index contributed by atoms with van der Waals surface area (Å²) in [6.45, 7) is 1.64. The molecule has 0 fully saturated rings. The molecule has 0 radical (unpaired) electrons. The first-order chi connectivity index (χ1) is 15.5. The van der Waals surface area contributed by atoms with Crippen LogP contribution in [0, 0.1) is 11.6 Å². The van der Waals surface area contributed by atoms with Gasteiger partial charge in [0, 0.05) is 4.88 Å². The first-order valence-electron chi connectivity index (χ1n) is 9.77. The molecule has 3 rings (SSSR count). The van der Waals surface area contributed by atoms with Gasteiger partial charge in [0.05, 0.1) is 35.7 Å². The van der Waals surface area contributed by atoms with E-state index in [4.69, 9.17) is 5.73 Å². The Morgan fingerprint density at radius 3 is 2.48 bits per heavy atom. The number of aliphatic hydroxyl groups excluding tert-OH is 1. The van der Waals surface area contributed by atoms with Crippen molar-refractivity contribution in [3.05, 3.63) is 64.9 Å². The second-order valence-corrected chi connectivity index (χ2v) is 10.1. The van der Waals surface area contributed by atoms with Crippen molar-refractivity contribution in [2.75, 3.05) is 11.6 Å². The monoisotopic (exact) mass is 496 g/mol. The molecule has 0 aliphatic carbocycles. The lowest BCUT2D eigenvalue weighted by Gasteiger charge is -2.11. The molecule has 12 heteroatoms. The van der Waals surface area contributed by atoms with Crippen LogP contribution in [0.2, 0.25) is 0 Å². The molecule has 0 aliphatic heterocycles. The minimum absolute atomic E-state index is 0.00735. The van der Waals surface area contributed by atoms with Crippen molar-refractivity contribution in [1.82, 2.24) is 9.71 Å². The van der Waals surface area contributed by atoms with Gasteiger partial charge < -0.3 is 16.2 Å². The molecule has 0 saturated heterocycles. The molecule has 2 heterocycles. The minimum Gasteiger partial charge on any atom is -0.388 e. The third-order valence-corrected chi connectivity index (χ3v) is 6.38. The Balaban J connectivity index is 1.95. The first-order valence-corrected chi connectivity index (χ1v) is 12.5. The molecule has 1 amide bonds. The molecule has 2 aromatic heterocycles.